The quantitative estimate of drug-likeness (QED) is 0.248. The summed E-state index contributed by atoms with van der Waals surface area (Å²) >= 11 is 6.05. The summed E-state index contributed by atoms with van der Waals surface area (Å²) in [6.45, 7) is 5.71. The summed E-state index contributed by atoms with van der Waals surface area (Å²) < 4.78 is 6.02. The monoisotopic (exact) mass is 572 g/mol. The van der Waals surface area contributed by atoms with Gasteiger partial charge < -0.3 is 25.6 Å². The van der Waals surface area contributed by atoms with Gasteiger partial charge in [-0.2, -0.15) is 0 Å². The summed E-state index contributed by atoms with van der Waals surface area (Å²) in [4.78, 5) is 24.2. The fraction of sp³-hybridized carbons (Fsp3) is 0.333. The van der Waals surface area contributed by atoms with Crippen molar-refractivity contribution in [3.8, 4) is 11.5 Å². The van der Waals surface area contributed by atoms with Gasteiger partial charge in [0.1, 0.15) is 11.5 Å². The smallest absolute Gasteiger partial charge is 0.337 e. The summed E-state index contributed by atoms with van der Waals surface area (Å²) in [6, 6.07) is 18.0. The van der Waals surface area contributed by atoms with Crippen LogP contribution in [0.5, 0.6) is 11.5 Å². The highest BCUT2D eigenvalue weighted by Gasteiger charge is 2.24. The summed E-state index contributed by atoms with van der Waals surface area (Å²) in [5.74, 6) is -0.456. The Hall–Kier alpha value is -3.10. The van der Waals surface area contributed by atoms with Crippen molar-refractivity contribution in [1.82, 2.24) is 5.32 Å². The van der Waals surface area contributed by atoms with Crippen LogP contribution in [0.15, 0.2) is 60.7 Å². The number of fused-ring (bicyclic) bond motifs is 1. The maximum atomic E-state index is 12.4. The topological polar surface area (TPSA) is 108 Å². The van der Waals surface area contributed by atoms with Crippen LogP contribution in [-0.2, 0) is 17.6 Å². The van der Waals surface area contributed by atoms with E-state index < -0.39 is 17.5 Å². The molecule has 4 rings (SSSR count). The molecule has 0 saturated heterocycles. The molecule has 0 bridgehead atoms. The molecule has 3 aromatic carbocycles. The number of aryl methyl sites for hydroxylation is 1. The number of hydrogen-bond donors (Lipinski definition) is 4. The van der Waals surface area contributed by atoms with Crippen molar-refractivity contribution >= 4 is 41.6 Å². The van der Waals surface area contributed by atoms with Crippen molar-refractivity contribution in [3.05, 3.63) is 87.9 Å². The molecule has 0 saturated carbocycles. The molecule has 208 valence electrons. The van der Waals surface area contributed by atoms with E-state index in [1.807, 2.05) is 30.3 Å². The van der Waals surface area contributed by atoms with Crippen molar-refractivity contribution in [2.45, 2.75) is 52.2 Å². The maximum absolute atomic E-state index is 12.4. The van der Waals surface area contributed by atoms with Gasteiger partial charge >= 0.3 is 5.97 Å². The van der Waals surface area contributed by atoms with Crippen LogP contribution < -0.4 is 15.4 Å². The lowest BCUT2D eigenvalue weighted by atomic mass is 9.88. The average Bonchev–Trinajstić information content (AvgIpc) is 2.87. The molecule has 0 aromatic heterocycles. The van der Waals surface area contributed by atoms with Crippen LogP contribution in [0.4, 0.5) is 5.69 Å². The predicted octanol–water partition coefficient (Wildman–Crippen LogP) is 6.42. The first kappa shape index (κ1) is 30.4. The number of aliphatic hydroxyl groups excluding tert-OH is 1. The predicted molar refractivity (Wildman–Crippen MR) is 155 cm³/mol. The van der Waals surface area contributed by atoms with Gasteiger partial charge in [-0.3, -0.25) is 4.79 Å². The molecule has 1 aliphatic carbocycles. The Morgan fingerprint density at radius 2 is 1.77 bits per heavy atom. The number of carbonyl (C=O) groups is 2. The third-order valence-corrected chi connectivity index (χ3v) is 6.86. The molecule has 39 heavy (non-hydrogen) atoms. The maximum Gasteiger partial charge on any atom is 0.337 e. The molecule has 1 aliphatic rings. The van der Waals surface area contributed by atoms with Gasteiger partial charge in [0.25, 0.3) is 0 Å². The molecule has 0 heterocycles. The van der Waals surface area contributed by atoms with E-state index in [9.17, 15) is 19.8 Å². The van der Waals surface area contributed by atoms with E-state index in [1.165, 1.54) is 11.6 Å². The molecule has 0 aliphatic heterocycles. The number of halogens is 2. The van der Waals surface area contributed by atoms with E-state index in [2.05, 4.69) is 10.6 Å². The number of aromatic carboxylic acids is 1. The Kier molecular flexibility index (Phi) is 10.0. The van der Waals surface area contributed by atoms with E-state index in [-0.39, 0.29) is 35.6 Å². The molecular formula is C30H34Cl2N2O5. The van der Waals surface area contributed by atoms with E-state index in [0.717, 1.165) is 30.4 Å². The van der Waals surface area contributed by atoms with Gasteiger partial charge in [-0.05, 0) is 78.4 Å². The highest BCUT2D eigenvalue weighted by molar-refractivity contribution is 6.30. The number of carboxylic acid groups (broad SMARTS) is 1. The number of carboxylic acids is 1. The van der Waals surface area contributed by atoms with Crippen LogP contribution in [0.1, 0.15) is 60.3 Å². The zero-order valence-electron chi connectivity index (χ0n) is 22.2. The summed E-state index contributed by atoms with van der Waals surface area (Å²) in [5.41, 5.74) is 2.70. The molecule has 2 atom stereocenters. The Morgan fingerprint density at radius 1 is 1.05 bits per heavy atom. The van der Waals surface area contributed by atoms with Crippen LogP contribution in [0, 0.1) is 5.41 Å². The highest BCUT2D eigenvalue weighted by atomic mass is 35.5. The minimum absolute atomic E-state index is 0. The lowest BCUT2D eigenvalue weighted by Crippen LogP contribution is -2.37. The third kappa shape index (κ3) is 7.96. The van der Waals surface area contributed by atoms with Crippen molar-refractivity contribution in [2.24, 2.45) is 5.41 Å². The van der Waals surface area contributed by atoms with Gasteiger partial charge in [-0.25, -0.2) is 4.79 Å². The summed E-state index contributed by atoms with van der Waals surface area (Å²) in [5, 5.41) is 27.0. The minimum Gasteiger partial charge on any atom is -0.478 e. The number of carbonyl (C=O) groups excluding carboxylic acids is 1. The molecule has 0 fully saturated rings. The number of rotatable bonds is 8. The zero-order valence-corrected chi connectivity index (χ0v) is 23.7. The first-order valence-electron chi connectivity index (χ1n) is 12.6. The van der Waals surface area contributed by atoms with Crippen LogP contribution in [0.3, 0.4) is 0 Å². The van der Waals surface area contributed by atoms with Gasteiger partial charge in [0, 0.05) is 23.0 Å². The normalized spacial score (nSPS) is 15.5. The lowest BCUT2D eigenvalue weighted by molar-refractivity contribution is -0.123. The van der Waals surface area contributed by atoms with Crippen molar-refractivity contribution in [3.63, 3.8) is 0 Å². The minimum atomic E-state index is -1.15. The molecule has 9 heteroatoms. The molecule has 4 N–H and O–H groups in total. The number of amides is 1. The first-order valence-corrected chi connectivity index (χ1v) is 13.0. The van der Waals surface area contributed by atoms with Crippen LogP contribution in [-0.4, -0.2) is 34.7 Å². The van der Waals surface area contributed by atoms with Gasteiger partial charge in [0.2, 0.25) is 5.91 Å². The van der Waals surface area contributed by atoms with Crippen molar-refractivity contribution in [2.75, 3.05) is 11.9 Å². The SMILES string of the molecule is CC(C)(C)C(=O)Nc1ccc(Oc2ccc3c(c2)C[C@@H](NC[C@H](O)c2cccc(Cl)c2)CC3)cc1C(=O)O.Cl. The molecular weight excluding hydrogens is 539 g/mol. The number of hydrogen-bond acceptors (Lipinski definition) is 5. The fourth-order valence-corrected chi connectivity index (χ4v) is 4.60. The van der Waals surface area contributed by atoms with E-state index in [1.54, 1.807) is 45.0 Å². The van der Waals surface area contributed by atoms with Gasteiger partial charge in [0.15, 0.2) is 0 Å². The second kappa shape index (κ2) is 12.8. The number of anilines is 1. The Morgan fingerprint density at radius 3 is 2.46 bits per heavy atom. The Labute approximate surface area is 240 Å². The molecule has 3 aromatic rings. The Balaban J connectivity index is 0.00000420. The second-order valence-electron chi connectivity index (χ2n) is 10.7. The third-order valence-electron chi connectivity index (χ3n) is 6.63. The number of benzene rings is 3. The first-order chi connectivity index (χ1) is 18.0. The Bertz CT molecular complexity index is 1340. The van der Waals surface area contributed by atoms with Gasteiger partial charge in [-0.15, -0.1) is 12.4 Å². The van der Waals surface area contributed by atoms with Crippen molar-refractivity contribution in [1.29, 1.82) is 0 Å². The summed E-state index contributed by atoms with van der Waals surface area (Å²) in [6.07, 6.45) is 2.00. The largest absolute Gasteiger partial charge is 0.478 e. The average molecular weight is 574 g/mol. The fourth-order valence-electron chi connectivity index (χ4n) is 4.40. The number of aliphatic hydroxyl groups is 1. The van der Waals surface area contributed by atoms with Crippen LogP contribution in [0.25, 0.3) is 0 Å². The number of ether oxygens (including phenoxy) is 1. The second-order valence-corrected chi connectivity index (χ2v) is 11.1. The molecule has 0 unspecified atom stereocenters. The highest BCUT2D eigenvalue weighted by Crippen LogP contribution is 2.31. The lowest BCUT2D eigenvalue weighted by Gasteiger charge is -2.27. The van der Waals surface area contributed by atoms with Crippen LogP contribution >= 0.6 is 24.0 Å². The van der Waals surface area contributed by atoms with E-state index in [4.69, 9.17) is 16.3 Å². The number of nitrogens with one attached hydrogen (secondary N) is 2. The van der Waals surface area contributed by atoms with Crippen LogP contribution in [0.2, 0.25) is 5.02 Å². The molecule has 1 amide bonds. The van der Waals surface area contributed by atoms with Gasteiger partial charge in [0.05, 0.1) is 17.4 Å². The van der Waals surface area contributed by atoms with E-state index >= 15 is 0 Å². The molecule has 0 spiro atoms. The van der Waals surface area contributed by atoms with Gasteiger partial charge in [-0.1, -0.05) is 50.6 Å². The molecule has 0 radical (unpaired) electrons. The molecule has 7 nitrogen and oxygen atoms in total. The van der Waals surface area contributed by atoms with Crippen molar-refractivity contribution < 1.29 is 24.5 Å². The van der Waals surface area contributed by atoms with E-state index in [0.29, 0.717) is 23.1 Å². The standard InChI is InChI=1S/C30H33ClN2O5.ClH/c1-30(2,3)29(37)33-26-12-11-24(16-25(26)28(35)36)38-23-10-8-18-7-9-22(14-20(18)15-23)32-17-27(34)19-5-4-6-21(31)13-19;/h4-6,8,10-13,15-16,22,27,32,34H,7,9,14,17H2,1-3H3,(H,33,37)(H,35,36);1H/t22-,27-;/m0./s1. The summed E-state index contributed by atoms with van der Waals surface area (Å²) in [7, 11) is 0. The zero-order chi connectivity index (χ0) is 27.4.